The summed E-state index contributed by atoms with van der Waals surface area (Å²) in [5.74, 6) is 2.69. The van der Waals surface area contributed by atoms with Crippen LogP contribution in [0.3, 0.4) is 0 Å². The predicted molar refractivity (Wildman–Crippen MR) is 112 cm³/mol. The van der Waals surface area contributed by atoms with Gasteiger partial charge in [-0.2, -0.15) is 0 Å². The first-order valence-corrected chi connectivity index (χ1v) is 10.3. The average molecular weight is 405 g/mol. The molecule has 0 heterocycles. The largest absolute Gasteiger partial charge is 0.506 e. The molecule has 3 rings (SSSR count). The number of phenolic OH excluding ortho intramolecular Hbond substituents is 1. The highest BCUT2D eigenvalue weighted by atomic mass is 35.5. The van der Waals surface area contributed by atoms with E-state index in [2.05, 4.69) is 18.6 Å². The molecule has 2 aliphatic carbocycles. The topological polar surface area (TPSA) is 55.8 Å². The zero-order chi connectivity index (χ0) is 20.4. The summed E-state index contributed by atoms with van der Waals surface area (Å²) in [7, 11) is 2.98. The molecule has 5 heteroatoms. The first-order chi connectivity index (χ1) is 13.3. The fourth-order valence-electron chi connectivity index (χ4n) is 5.13. The molecule has 4 nitrogen and oxygen atoms in total. The molecule has 0 spiro atoms. The number of allylic oxidation sites excluding steroid dienone is 1. The minimum atomic E-state index is -0.490. The summed E-state index contributed by atoms with van der Waals surface area (Å²) in [5.41, 5.74) is 2.49. The number of fused-ring (bicyclic) bond motifs is 2. The van der Waals surface area contributed by atoms with E-state index in [4.69, 9.17) is 16.3 Å². The third kappa shape index (κ3) is 4.07. The van der Waals surface area contributed by atoms with E-state index < -0.39 is 5.97 Å². The predicted octanol–water partition coefficient (Wildman–Crippen LogP) is 5.68. The zero-order valence-electron chi connectivity index (χ0n) is 17.0. The number of benzene rings is 1. The van der Waals surface area contributed by atoms with Crippen molar-refractivity contribution in [2.24, 2.45) is 23.7 Å². The lowest BCUT2D eigenvalue weighted by Crippen LogP contribution is -2.32. The maximum atomic E-state index is 11.3. The van der Waals surface area contributed by atoms with Crippen LogP contribution in [0.15, 0.2) is 23.8 Å². The van der Waals surface area contributed by atoms with Gasteiger partial charge in [-0.05, 0) is 67.1 Å². The summed E-state index contributed by atoms with van der Waals surface area (Å²) < 4.78 is 10.4. The van der Waals surface area contributed by atoms with Gasteiger partial charge in [0.05, 0.1) is 19.2 Å². The molecule has 1 aromatic carbocycles. The summed E-state index contributed by atoms with van der Waals surface area (Å²) in [6, 6.07) is 3.60. The van der Waals surface area contributed by atoms with Crippen LogP contribution in [0.1, 0.15) is 50.7 Å². The Kier molecular flexibility index (Phi) is 6.39. The van der Waals surface area contributed by atoms with Gasteiger partial charge in [-0.3, -0.25) is 0 Å². The van der Waals surface area contributed by atoms with E-state index in [-0.39, 0.29) is 10.8 Å². The Labute approximate surface area is 172 Å². The van der Waals surface area contributed by atoms with Crippen molar-refractivity contribution in [3.8, 4) is 5.75 Å². The number of ether oxygens (including phenoxy) is 2. The number of rotatable bonds is 4. The Bertz CT molecular complexity index is 807. The Morgan fingerprint density at radius 1 is 1.14 bits per heavy atom. The Morgan fingerprint density at radius 3 is 2.57 bits per heavy atom. The quantitative estimate of drug-likeness (QED) is 0.398. The van der Waals surface area contributed by atoms with Gasteiger partial charge in [-0.15, -0.1) is 0 Å². The van der Waals surface area contributed by atoms with Crippen LogP contribution in [0.2, 0.25) is 5.02 Å². The molecule has 0 aliphatic heterocycles. The van der Waals surface area contributed by atoms with Gasteiger partial charge in [0.25, 0.3) is 0 Å². The number of hydrogen-bond acceptors (Lipinski definition) is 4. The monoisotopic (exact) mass is 404 g/mol. The van der Waals surface area contributed by atoms with Crippen LogP contribution in [0.4, 0.5) is 0 Å². The highest BCUT2D eigenvalue weighted by Gasteiger charge is 2.38. The molecule has 0 saturated heterocycles. The third-order valence-corrected chi connectivity index (χ3v) is 6.54. The van der Waals surface area contributed by atoms with Crippen LogP contribution in [-0.2, 0) is 14.3 Å². The van der Waals surface area contributed by atoms with Crippen LogP contribution in [0.5, 0.6) is 5.75 Å². The Hall–Kier alpha value is -1.94. The lowest BCUT2D eigenvalue weighted by molar-refractivity contribution is -0.134. The van der Waals surface area contributed by atoms with Crippen LogP contribution >= 0.6 is 11.6 Å². The van der Waals surface area contributed by atoms with Crippen LogP contribution in [0, 0.1) is 23.7 Å². The summed E-state index contributed by atoms with van der Waals surface area (Å²) in [4.78, 5) is 11.3. The second-order valence-corrected chi connectivity index (χ2v) is 8.60. The summed E-state index contributed by atoms with van der Waals surface area (Å²) in [6.07, 6.45) is 7.62. The van der Waals surface area contributed by atoms with Crippen molar-refractivity contribution < 1.29 is 19.4 Å². The molecule has 4 unspecified atom stereocenters. The molecule has 2 aliphatic rings. The molecule has 0 radical (unpaired) electrons. The molecule has 1 aromatic rings. The summed E-state index contributed by atoms with van der Waals surface area (Å²) in [6.45, 7) is 4.60. The number of halogens is 1. The van der Waals surface area contributed by atoms with E-state index in [0.29, 0.717) is 23.0 Å². The van der Waals surface area contributed by atoms with E-state index in [1.165, 1.54) is 50.5 Å². The number of carbonyl (C=O) groups excluding carboxylic acids is 1. The second kappa shape index (κ2) is 8.60. The normalized spacial score (nSPS) is 28.9. The summed E-state index contributed by atoms with van der Waals surface area (Å²) >= 11 is 6.54. The third-order valence-electron chi connectivity index (χ3n) is 6.16. The Morgan fingerprint density at radius 2 is 1.89 bits per heavy atom. The van der Waals surface area contributed by atoms with Crippen molar-refractivity contribution in [3.05, 3.63) is 39.9 Å². The molecule has 0 amide bonds. The maximum absolute atomic E-state index is 11.3. The lowest BCUT2D eigenvalue weighted by atomic mass is 9.62. The van der Waals surface area contributed by atoms with Crippen molar-refractivity contribution in [1.29, 1.82) is 0 Å². The molecule has 2 bridgehead atoms. The minimum absolute atomic E-state index is 0.0622. The molecule has 152 valence electrons. The first kappa shape index (κ1) is 20.8. The van der Waals surface area contributed by atoms with Gasteiger partial charge in [0.2, 0.25) is 0 Å². The van der Waals surface area contributed by atoms with Crippen LogP contribution < -0.4 is 0 Å². The van der Waals surface area contributed by atoms with Crippen LogP contribution in [0.25, 0.3) is 11.8 Å². The van der Waals surface area contributed by atoms with Gasteiger partial charge in [-0.1, -0.05) is 31.5 Å². The lowest BCUT2D eigenvalue weighted by Gasteiger charge is -2.43. The minimum Gasteiger partial charge on any atom is -0.506 e. The van der Waals surface area contributed by atoms with E-state index in [9.17, 15) is 9.90 Å². The van der Waals surface area contributed by atoms with Gasteiger partial charge in [0.15, 0.2) is 0 Å². The van der Waals surface area contributed by atoms with Crippen molar-refractivity contribution >= 4 is 29.4 Å². The van der Waals surface area contributed by atoms with Crippen molar-refractivity contribution in [1.82, 2.24) is 0 Å². The van der Waals surface area contributed by atoms with E-state index in [1.54, 1.807) is 13.2 Å². The number of carbonyl (C=O) groups is 1. The number of phenols is 1. The molecule has 0 aromatic heterocycles. The molecular formula is C23H29ClO4. The number of esters is 1. The molecular weight excluding hydrogens is 376 g/mol. The van der Waals surface area contributed by atoms with E-state index in [1.807, 2.05) is 6.07 Å². The standard InChI is InChI=1S/C23H29ClO4/c1-13-9-15-11-14(2)20(17(10-13)12-15)23(28-4)18-7-5-16(22(26)21(18)24)6-8-19(25)27-3/h5-8,13-15,17,26H,9-12H2,1-4H3/b8-6+,23-20-. The van der Waals surface area contributed by atoms with Crippen molar-refractivity contribution in [2.45, 2.75) is 39.5 Å². The average Bonchev–Trinajstić information content (AvgIpc) is 2.65. The smallest absolute Gasteiger partial charge is 0.330 e. The van der Waals surface area contributed by atoms with Gasteiger partial charge >= 0.3 is 5.97 Å². The Balaban J connectivity index is 2.02. The van der Waals surface area contributed by atoms with E-state index >= 15 is 0 Å². The van der Waals surface area contributed by atoms with Crippen LogP contribution in [-0.4, -0.2) is 25.3 Å². The molecule has 1 N–H and O–H groups in total. The van der Waals surface area contributed by atoms with Gasteiger partial charge in [0, 0.05) is 17.2 Å². The molecule has 2 fully saturated rings. The summed E-state index contributed by atoms with van der Waals surface area (Å²) in [5, 5.41) is 10.8. The van der Waals surface area contributed by atoms with Crippen molar-refractivity contribution in [3.63, 3.8) is 0 Å². The maximum Gasteiger partial charge on any atom is 0.330 e. The first-order valence-electron chi connectivity index (χ1n) is 9.91. The number of methoxy groups -OCH3 is 2. The number of aromatic hydroxyl groups is 1. The zero-order valence-corrected chi connectivity index (χ0v) is 17.8. The highest BCUT2D eigenvalue weighted by molar-refractivity contribution is 6.34. The SMILES string of the molecule is COC(=O)/C=C/c1ccc(/C(OC)=C2\C(C)CC3CC(C)CC2C3)c(Cl)c1O. The number of hydrogen-bond donors (Lipinski definition) is 1. The van der Waals surface area contributed by atoms with Gasteiger partial charge in [0.1, 0.15) is 11.5 Å². The van der Waals surface area contributed by atoms with Gasteiger partial charge < -0.3 is 14.6 Å². The molecule has 28 heavy (non-hydrogen) atoms. The highest BCUT2D eigenvalue weighted by Crippen LogP contribution is 2.51. The fourth-order valence-corrected chi connectivity index (χ4v) is 5.39. The second-order valence-electron chi connectivity index (χ2n) is 8.22. The van der Waals surface area contributed by atoms with Gasteiger partial charge in [-0.25, -0.2) is 4.79 Å². The molecule has 2 saturated carbocycles. The molecule has 4 atom stereocenters. The van der Waals surface area contributed by atoms with Crippen molar-refractivity contribution in [2.75, 3.05) is 14.2 Å². The fraction of sp³-hybridized carbons (Fsp3) is 0.522. The van der Waals surface area contributed by atoms with E-state index in [0.717, 1.165) is 17.6 Å².